The van der Waals surface area contributed by atoms with E-state index in [-0.39, 0.29) is 16.1 Å². The predicted molar refractivity (Wildman–Crippen MR) is 74.5 cm³/mol. The highest BCUT2D eigenvalue weighted by Gasteiger charge is 2.23. The monoisotopic (exact) mass is 348 g/mol. The van der Waals surface area contributed by atoms with Crippen LogP contribution in [0.2, 0.25) is 0 Å². The molecule has 1 amide bonds. The molecule has 1 heterocycles. The Morgan fingerprint density at radius 2 is 2.05 bits per heavy atom. The van der Waals surface area contributed by atoms with Gasteiger partial charge in [-0.3, -0.25) is 4.79 Å². The summed E-state index contributed by atoms with van der Waals surface area (Å²) in [6.45, 7) is 3.71. The van der Waals surface area contributed by atoms with Crippen LogP contribution in [0.15, 0.2) is 16.6 Å². The quantitative estimate of drug-likeness (QED) is 0.911. The van der Waals surface area contributed by atoms with Crippen molar-refractivity contribution in [3.05, 3.63) is 28.2 Å². The van der Waals surface area contributed by atoms with E-state index >= 15 is 0 Å². The summed E-state index contributed by atoms with van der Waals surface area (Å²) < 4.78 is 32.1. The number of ether oxygens (including phenoxy) is 1. The first-order valence-corrected chi connectivity index (χ1v) is 7.06. The number of carbonyl (C=O) groups is 1. The highest BCUT2D eigenvalue weighted by Crippen LogP contribution is 2.27. The number of nitrogens with zero attached hydrogens (tertiary/aromatic N) is 1. The molecule has 0 spiro atoms. The molecule has 1 N–H and O–H groups in total. The van der Waals surface area contributed by atoms with Crippen molar-refractivity contribution >= 4 is 27.5 Å². The topological polar surface area (TPSA) is 41.6 Å². The first-order valence-electron chi connectivity index (χ1n) is 6.26. The average molecular weight is 349 g/mol. The van der Waals surface area contributed by atoms with Gasteiger partial charge in [0.2, 0.25) is 5.91 Å². The second-order valence-electron chi connectivity index (χ2n) is 4.55. The first kappa shape index (κ1) is 15.2. The van der Waals surface area contributed by atoms with E-state index in [1.54, 1.807) is 11.8 Å². The molecule has 0 aromatic heterocycles. The molecule has 4 nitrogen and oxygen atoms in total. The molecular weight excluding hydrogens is 334 g/mol. The van der Waals surface area contributed by atoms with Crippen molar-refractivity contribution in [3.63, 3.8) is 0 Å². The standard InChI is InChI=1S/C13H15BrF2N2O2/c1-8(13(19)18-2-4-20-5-3-18)17-12-10(14)6-9(15)7-11(12)16/h6-8,17H,2-5H2,1H3. The van der Waals surface area contributed by atoms with Gasteiger partial charge in [-0.15, -0.1) is 0 Å². The lowest BCUT2D eigenvalue weighted by Crippen LogP contribution is -2.47. The fourth-order valence-corrected chi connectivity index (χ4v) is 2.54. The Morgan fingerprint density at radius 1 is 1.40 bits per heavy atom. The van der Waals surface area contributed by atoms with E-state index in [1.807, 2.05) is 0 Å². The molecule has 2 rings (SSSR count). The molecular formula is C13H15BrF2N2O2. The van der Waals surface area contributed by atoms with E-state index in [1.165, 1.54) is 0 Å². The summed E-state index contributed by atoms with van der Waals surface area (Å²) in [5.41, 5.74) is 0.0838. The van der Waals surface area contributed by atoms with Crippen molar-refractivity contribution in [2.45, 2.75) is 13.0 Å². The Balaban J connectivity index is 2.07. The molecule has 20 heavy (non-hydrogen) atoms. The minimum absolute atomic E-state index is 0.0838. The van der Waals surface area contributed by atoms with Gasteiger partial charge in [0.05, 0.1) is 18.9 Å². The number of rotatable bonds is 3. The molecule has 1 aromatic carbocycles. The maximum absolute atomic E-state index is 13.7. The summed E-state index contributed by atoms with van der Waals surface area (Å²) in [5.74, 6) is -1.55. The molecule has 0 aliphatic carbocycles. The van der Waals surface area contributed by atoms with Gasteiger partial charge in [-0.25, -0.2) is 8.78 Å². The highest BCUT2D eigenvalue weighted by atomic mass is 79.9. The lowest BCUT2D eigenvalue weighted by atomic mass is 10.2. The molecule has 0 saturated carbocycles. The number of nitrogens with one attached hydrogen (secondary N) is 1. The van der Waals surface area contributed by atoms with E-state index < -0.39 is 17.7 Å². The Kier molecular flexibility index (Phi) is 4.93. The van der Waals surface area contributed by atoms with Crippen molar-refractivity contribution in [3.8, 4) is 0 Å². The minimum atomic E-state index is -0.737. The lowest BCUT2D eigenvalue weighted by molar-refractivity contribution is -0.135. The number of amides is 1. The molecule has 1 unspecified atom stereocenters. The Bertz CT molecular complexity index is 484. The van der Waals surface area contributed by atoms with Gasteiger partial charge in [0.15, 0.2) is 0 Å². The number of hydrogen-bond acceptors (Lipinski definition) is 3. The Labute approximate surface area is 124 Å². The second kappa shape index (κ2) is 6.49. The van der Waals surface area contributed by atoms with Crippen LogP contribution < -0.4 is 5.32 Å². The van der Waals surface area contributed by atoms with Gasteiger partial charge in [0, 0.05) is 23.6 Å². The fourth-order valence-electron chi connectivity index (χ4n) is 2.02. The van der Waals surface area contributed by atoms with E-state index in [9.17, 15) is 13.6 Å². The van der Waals surface area contributed by atoms with Gasteiger partial charge in [0.1, 0.15) is 17.7 Å². The van der Waals surface area contributed by atoms with Crippen LogP contribution in [-0.2, 0) is 9.53 Å². The van der Waals surface area contributed by atoms with Crippen LogP contribution in [0.1, 0.15) is 6.92 Å². The van der Waals surface area contributed by atoms with Crippen LogP contribution >= 0.6 is 15.9 Å². The Hall–Kier alpha value is -1.21. The average Bonchev–Trinajstić information content (AvgIpc) is 2.42. The van der Waals surface area contributed by atoms with Crippen LogP contribution in [0, 0.1) is 11.6 Å². The van der Waals surface area contributed by atoms with Crippen LogP contribution in [0.3, 0.4) is 0 Å². The van der Waals surface area contributed by atoms with Gasteiger partial charge in [-0.05, 0) is 28.9 Å². The van der Waals surface area contributed by atoms with E-state index in [0.717, 1.165) is 12.1 Å². The first-order chi connectivity index (χ1) is 9.49. The summed E-state index contributed by atoms with van der Waals surface area (Å²) in [7, 11) is 0. The predicted octanol–water partition coefficient (Wildman–Crippen LogP) is 2.39. The zero-order chi connectivity index (χ0) is 14.7. The number of carbonyl (C=O) groups excluding carboxylic acids is 1. The van der Waals surface area contributed by atoms with Crippen LogP contribution in [0.5, 0.6) is 0 Å². The van der Waals surface area contributed by atoms with Crippen molar-refractivity contribution in [2.75, 3.05) is 31.6 Å². The van der Waals surface area contributed by atoms with Gasteiger partial charge >= 0.3 is 0 Å². The van der Waals surface area contributed by atoms with Crippen molar-refractivity contribution in [1.29, 1.82) is 0 Å². The number of halogens is 3. The number of hydrogen-bond donors (Lipinski definition) is 1. The summed E-state index contributed by atoms with van der Waals surface area (Å²) in [6, 6.07) is 1.32. The summed E-state index contributed by atoms with van der Waals surface area (Å²) in [5, 5.41) is 2.78. The number of anilines is 1. The lowest BCUT2D eigenvalue weighted by Gasteiger charge is -2.30. The summed E-state index contributed by atoms with van der Waals surface area (Å²) in [6.07, 6.45) is 0. The van der Waals surface area contributed by atoms with Crippen LogP contribution in [0.25, 0.3) is 0 Å². The largest absolute Gasteiger partial charge is 0.378 e. The molecule has 1 atom stereocenters. The third-order valence-corrected chi connectivity index (χ3v) is 3.69. The molecule has 1 aromatic rings. The van der Waals surface area contributed by atoms with E-state index in [4.69, 9.17) is 4.74 Å². The maximum atomic E-state index is 13.7. The van der Waals surface area contributed by atoms with Gasteiger partial charge in [-0.2, -0.15) is 0 Å². The molecule has 0 bridgehead atoms. The van der Waals surface area contributed by atoms with E-state index in [2.05, 4.69) is 21.2 Å². The zero-order valence-electron chi connectivity index (χ0n) is 11.0. The molecule has 1 fully saturated rings. The van der Waals surface area contributed by atoms with Gasteiger partial charge < -0.3 is 15.0 Å². The third kappa shape index (κ3) is 3.46. The van der Waals surface area contributed by atoms with Gasteiger partial charge in [-0.1, -0.05) is 0 Å². The van der Waals surface area contributed by atoms with Crippen molar-refractivity contribution in [1.82, 2.24) is 4.90 Å². The second-order valence-corrected chi connectivity index (χ2v) is 5.40. The van der Waals surface area contributed by atoms with Crippen molar-refractivity contribution in [2.24, 2.45) is 0 Å². The van der Waals surface area contributed by atoms with Crippen LogP contribution in [0.4, 0.5) is 14.5 Å². The molecule has 1 aliphatic rings. The maximum Gasteiger partial charge on any atom is 0.244 e. The van der Waals surface area contributed by atoms with Gasteiger partial charge in [0.25, 0.3) is 0 Å². The molecule has 0 radical (unpaired) electrons. The summed E-state index contributed by atoms with van der Waals surface area (Å²) in [4.78, 5) is 13.9. The molecule has 110 valence electrons. The van der Waals surface area contributed by atoms with E-state index in [0.29, 0.717) is 26.3 Å². The Morgan fingerprint density at radius 3 is 2.65 bits per heavy atom. The minimum Gasteiger partial charge on any atom is -0.378 e. The summed E-state index contributed by atoms with van der Waals surface area (Å²) >= 11 is 3.08. The third-order valence-electron chi connectivity index (χ3n) is 3.06. The fraction of sp³-hybridized carbons (Fsp3) is 0.462. The van der Waals surface area contributed by atoms with Crippen LogP contribution in [-0.4, -0.2) is 43.2 Å². The molecule has 1 aliphatic heterocycles. The molecule has 7 heteroatoms. The molecule has 1 saturated heterocycles. The highest BCUT2D eigenvalue weighted by molar-refractivity contribution is 9.10. The number of benzene rings is 1. The smallest absolute Gasteiger partial charge is 0.244 e. The normalized spacial score (nSPS) is 16.9. The van der Waals surface area contributed by atoms with Crippen molar-refractivity contribution < 1.29 is 18.3 Å². The number of morpholine rings is 1. The SMILES string of the molecule is CC(Nc1c(F)cc(F)cc1Br)C(=O)N1CCOCC1. The zero-order valence-corrected chi connectivity index (χ0v) is 12.5.